The number of hydrogen-bond acceptors (Lipinski definition) is 4. The van der Waals surface area contributed by atoms with Crippen molar-refractivity contribution in [2.75, 3.05) is 0 Å². The minimum absolute atomic E-state index is 0.143. The van der Waals surface area contributed by atoms with Crippen LogP contribution < -0.4 is 0 Å². The van der Waals surface area contributed by atoms with Crippen molar-refractivity contribution >= 4 is 19.3 Å². The van der Waals surface area contributed by atoms with Crippen LogP contribution in [0.4, 0.5) is 0 Å². The predicted molar refractivity (Wildman–Crippen MR) is 86.4 cm³/mol. The summed E-state index contributed by atoms with van der Waals surface area (Å²) in [5.74, 6) is 0. The van der Waals surface area contributed by atoms with Crippen molar-refractivity contribution in [2.24, 2.45) is 0 Å². The molecule has 0 heterocycles. The van der Waals surface area contributed by atoms with Gasteiger partial charge in [-0.25, -0.2) is 0 Å². The highest BCUT2D eigenvalue weighted by molar-refractivity contribution is 6.59. The Morgan fingerprint density at radius 1 is 0.632 bits per heavy atom. The summed E-state index contributed by atoms with van der Waals surface area (Å²) < 4.78 is 22.2. The maximum absolute atomic E-state index is 5.75. The van der Waals surface area contributed by atoms with Gasteiger partial charge < -0.3 is 17.7 Å². The standard InChI is InChI=1S/C10H24O3Si.C3H10OSi/c1-8(2)11-14(7,12-9(3)4)13-10(5)6;1-3(2)4-5/h8-10H,1-7H3;3H,1-2,5H3. The second kappa shape index (κ2) is 11.0. The van der Waals surface area contributed by atoms with Gasteiger partial charge in [0.2, 0.25) is 0 Å². The third kappa shape index (κ3) is 16.2. The molecule has 0 aromatic rings. The molecule has 0 fully saturated rings. The molecule has 0 saturated heterocycles. The molecule has 0 atom stereocenters. The van der Waals surface area contributed by atoms with E-state index in [0.29, 0.717) is 6.10 Å². The van der Waals surface area contributed by atoms with Gasteiger partial charge in [0.15, 0.2) is 0 Å². The first-order valence-electron chi connectivity index (χ1n) is 7.08. The molecule has 0 N–H and O–H groups in total. The van der Waals surface area contributed by atoms with Crippen molar-refractivity contribution in [3.63, 3.8) is 0 Å². The molecular weight excluding hydrogens is 276 g/mol. The summed E-state index contributed by atoms with van der Waals surface area (Å²) in [5, 5.41) is 0. The molecule has 0 aliphatic heterocycles. The van der Waals surface area contributed by atoms with E-state index < -0.39 is 8.80 Å². The minimum atomic E-state index is -2.44. The third-order valence-corrected chi connectivity index (χ3v) is 5.46. The average Bonchev–Trinajstić information content (AvgIpc) is 2.13. The van der Waals surface area contributed by atoms with Gasteiger partial charge in [0.05, 0.1) is 0 Å². The van der Waals surface area contributed by atoms with Crippen molar-refractivity contribution < 1.29 is 17.7 Å². The summed E-state index contributed by atoms with van der Waals surface area (Å²) in [4.78, 5) is 0. The minimum Gasteiger partial charge on any atom is -0.426 e. The lowest BCUT2D eigenvalue weighted by atomic mass is 10.5. The fourth-order valence-electron chi connectivity index (χ4n) is 1.37. The lowest BCUT2D eigenvalue weighted by Gasteiger charge is -2.31. The van der Waals surface area contributed by atoms with Crippen LogP contribution in [0.5, 0.6) is 0 Å². The fraction of sp³-hybridized carbons (Fsp3) is 1.00. The van der Waals surface area contributed by atoms with Crippen LogP contribution in [0.1, 0.15) is 55.4 Å². The smallest absolute Gasteiger partial charge is 0.426 e. The first-order chi connectivity index (χ1) is 8.52. The molecule has 118 valence electrons. The molecular formula is C13H34O4Si2. The van der Waals surface area contributed by atoms with Gasteiger partial charge in [0.1, 0.15) is 10.5 Å². The van der Waals surface area contributed by atoms with E-state index in [2.05, 4.69) is 0 Å². The SMILES string of the molecule is CC(C)O[SiH3].CC(C)O[Si](C)(OC(C)C)OC(C)C. The summed E-state index contributed by atoms with van der Waals surface area (Å²) in [6.07, 6.45) is 0.874. The van der Waals surface area contributed by atoms with Crippen molar-refractivity contribution in [1.82, 2.24) is 0 Å². The van der Waals surface area contributed by atoms with E-state index in [-0.39, 0.29) is 18.3 Å². The van der Waals surface area contributed by atoms with Gasteiger partial charge in [-0.2, -0.15) is 0 Å². The number of hydrogen-bond donors (Lipinski definition) is 0. The highest BCUT2D eigenvalue weighted by atomic mass is 28.4. The lowest BCUT2D eigenvalue weighted by molar-refractivity contribution is 0.00886. The van der Waals surface area contributed by atoms with E-state index >= 15 is 0 Å². The Morgan fingerprint density at radius 2 is 0.842 bits per heavy atom. The Bertz CT molecular complexity index is 182. The zero-order valence-electron chi connectivity index (χ0n) is 14.4. The molecule has 0 rings (SSSR count). The molecule has 4 nitrogen and oxygen atoms in total. The number of rotatable bonds is 7. The molecule has 0 aromatic carbocycles. The van der Waals surface area contributed by atoms with E-state index in [1.165, 1.54) is 0 Å². The second-order valence-corrected chi connectivity index (χ2v) is 8.55. The molecule has 0 unspecified atom stereocenters. The summed E-state index contributed by atoms with van der Waals surface area (Å²) in [7, 11) is -1.57. The maximum Gasteiger partial charge on any atom is 0.498 e. The third-order valence-electron chi connectivity index (χ3n) is 1.82. The van der Waals surface area contributed by atoms with Crippen LogP contribution in [0, 0.1) is 0 Å². The molecule has 19 heavy (non-hydrogen) atoms. The van der Waals surface area contributed by atoms with E-state index in [1.807, 2.05) is 61.9 Å². The van der Waals surface area contributed by atoms with Gasteiger partial charge >= 0.3 is 8.80 Å². The van der Waals surface area contributed by atoms with Gasteiger partial charge in [0, 0.05) is 31.0 Å². The van der Waals surface area contributed by atoms with E-state index in [4.69, 9.17) is 17.7 Å². The maximum atomic E-state index is 5.75. The normalized spacial score (nSPS) is 12.5. The molecule has 0 spiro atoms. The van der Waals surface area contributed by atoms with Crippen LogP contribution in [0.3, 0.4) is 0 Å². The van der Waals surface area contributed by atoms with Crippen molar-refractivity contribution in [3.8, 4) is 0 Å². The zero-order valence-corrected chi connectivity index (χ0v) is 17.4. The van der Waals surface area contributed by atoms with Gasteiger partial charge in [-0.1, -0.05) is 0 Å². The summed E-state index contributed by atoms with van der Waals surface area (Å²) in [6.45, 7) is 18.0. The van der Waals surface area contributed by atoms with Crippen LogP contribution >= 0.6 is 0 Å². The molecule has 0 radical (unpaired) electrons. The lowest BCUT2D eigenvalue weighted by Crippen LogP contribution is -2.47. The predicted octanol–water partition coefficient (Wildman–Crippen LogP) is 2.52. The van der Waals surface area contributed by atoms with E-state index in [9.17, 15) is 0 Å². The molecule has 0 aliphatic rings. The topological polar surface area (TPSA) is 36.9 Å². The Hall–Kier alpha value is 0.274. The Balaban J connectivity index is 0. The molecule has 6 heteroatoms. The van der Waals surface area contributed by atoms with Crippen LogP contribution in [-0.2, 0) is 17.7 Å². The highest BCUT2D eigenvalue weighted by Gasteiger charge is 2.38. The van der Waals surface area contributed by atoms with Crippen molar-refractivity contribution in [2.45, 2.75) is 86.4 Å². The van der Waals surface area contributed by atoms with Gasteiger partial charge in [0.25, 0.3) is 0 Å². The van der Waals surface area contributed by atoms with Gasteiger partial charge in [-0.3, -0.25) is 0 Å². The molecule has 0 amide bonds. The summed E-state index contributed by atoms with van der Waals surface area (Å²) in [6, 6.07) is 0. The highest BCUT2D eigenvalue weighted by Crippen LogP contribution is 2.16. The monoisotopic (exact) mass is 310 g/mol. The Morgan fingerprint density at radius 3 is 0.947 bits per heavy atom. The quantitative estimate of drug-likeness (QED) is 0.677. The fourth-order valence-corrected chi connectivity index (χ4v) is 4.10. The molecule has 0 saturated carbocycles. The molecule has 0 aromatic heterocycles. The molecule has 0 bridgehead atoms. The van der Waals surface area contributed by atoms with Crippen molar-refractivity contribution in [1.29, 1.82) is 0 Å². The zero-order chi connectivity index (χ0) is 15.6. The van der Waals surface area contributed by atoms with Crippen LogP contribution in [0.25, 0.3) is 0 Å². The summed E-state index contributed by atoms with van der Waals surface area (Å²) in [5.41, 5.74) is 0. The molecule has 0 aliphatic carbocycles. The average molecular weight is 311 g/mol. The van der Waals surface area contributed by atoms with Crippen molar-refractivity contribution in [3.05, 3.63) is 0 Å². The van der Waals surface area contributed by atoms with Gasteiger partial charge in [-0.05, 0) is 55.4 Å². The van der Waals surface area contributed by atoms with Gasteiger partial charge in [-0.15, -0.1) is 0 Å². The largest absolute Gasteiger partial charge is 0.498 e. The first kappa shape index (κ1) is 21.6. The van der Waals surface area contributed by atoms with E-state index in [1.54, 1.807) is 0 Å². The summed E-state index contributed by atoms with van der Waals surface area (Å²) >= 11 is 0. The van der Waals surface area contributed by atoms with Crippen LogP contribution in [0.15, 0.2) is 0 Å². The van der Waals surface area contributed by atoms with Crippen LogP contribution in [0.2, 0.25) is 6.55 Å². The van der Waals surface area contributed by atoms with Crippen LogP contribution in [-0.4, -0.2) is 43.7 Å². The Kier molecular flexibility index (Phi) is 12.5. The Labute approximate surface area is 124 Å². The second-order valence-electron chi connectivity index (χ2n) is 5.65. The van der Waals surface area contributed by atoms with E-state index in [0.717, 1.165) is 10.5 Å². The first-order valence-corrected chi connectivity index (χ1v) is 10.1.